The Morgan fingerprint density at radius 1 is 1.19 bits per heavy atom. The number of ether oxygens (including phenoxy) is 3. The van der Waals surface area contributed by atoms with E-state index in [4.69, 9.17) is 16.3 Å². The summed E-state index contributed by atoms with van der Waals surface area (Å²) in [5.41, 5.74) is 0.146. The normalized spacial score (nSPS) is 12.9. The molecule has 0 saturated heterocycles. The molecule has 32 heavy (non-hydrogen) atoms. The van der Waals surface area contributed by atoms with Crippen molar-refractivity contribution in [3.63, 3.8) is 0 Å². The Hall–Kier alpha value is -3.40. The fraction of sp³-hybridized carbons (Fsp3) is 0.381. The number of carbonyl (C=O) groups is 2. The van der Waals surface area contributed by atoms with E-state index in [0.29, 0.717) is 12.3 Å². The number of nitro groups is 1. The summed E-state index contributed by atoms with van der Waals surface area (Å²) in [6, 6.07) is 8.72. The van der Waals surface area contributed by atoms with Crippen LogP contribution < -0.4 is 9.64 Å². The number of hydrogen-bond acceptors (Lipinski definition) is 9. The zero-order valence-corrected chi connectivity index (χ0v) is 18.5. The van der Waals surface area contributed by atoms with Crippen LogP contribution >= 0.6 is 11.6 Å². The second kappa shape index (κ2) is 9.82. The van der Waals surface area contributed by atoms with E-state index in [-0.39, 0.29) is 16.9 Å². The molecule has 0 radical (unpaired) electrons. The van der Waals surface area contributed by atoms with Crippen LogP contribution in [0.4, 0.5) is 11.4 Å². The van der Waals surface area contributed by atoms with E-state index in [0.717, 1.165) is 32.6 Å². The molecule has 1 aromatic carbocycles. The summed E-state index contributed by atoms with van der Waals surface area (Å²) in [7, 11) is 3.69. The van der Waals surface area contributed by atoms with Crippen molar-refractivity contribution in [3.05, 3.63) is 56.9 Å². The fourth-order valence-electron chi connectivity index (χ4n) is 3.40. The molecule has 1 fully saturated rings. The van der Waals surface area contributed by atoms with Gasteiger partial charge in [-0.1, -0.05) is 23.7 Å². The second-order valence-electron chi connectivity index (χ2n) is 7.14. The number of halogens is 1. The number of nitrogens with zero attached hydrogens (tertiary/aromatic N) is 3. The van der Waals surface area contributed by atoms with Crippen LogP contribution in [0, 0.1) is 10.1 Å². The Morgan fingerprint density at radius 2 is 1.78 bits per heavy atom. The Morgan fingerprint density at radius 3 is 2.25 bits per heavy atom. The standard InChI is InChI=1S/C21H22ClN3O7/c1-30-14-8-4-12(5-9-14)11-24(13-6-7-13)15-10-16(22)23-18(19(15)25(28)29)17(20(26)31-2)21(27)32-3/h4-5,8-10,13,17H,6-7,11H2,1-3H3. The van der Waals surface area contributed by atoms with Crippen LogP contribution in [0.5, 0.6) is 5.75 Å². The van der Waals surface area contributed by atoms with Gasteiger partial charge in [-0.15, -0.1) is 0 Å². The van der Waals surface area contributed by atoms with Crippen molar-refractivity contribution in [2.45, 2.75) is 31.3 Å². The summed E-state index contributed by atoms with van der Waals surface area (Å²) < 4.78 is 14.5. The van der Waals surface area contributed by atoms with Gasteiger partial charge in [-0.05, 0) is 30.5 Å². The van der Waals surface area contributed by atoms with Gasteiger partial charge in [0.15, 0.2) is 0 Å². The molecule has 10 nitrogen and oxygen atoms in total. The van der Waals surface area contributed by atoms with Crippen molar-refractivity contribution < 1.29 is 28.7 Å². The molecule has 1 aliphatic carbocycles. The lowest BCUT2D eigenvalue weighted by molar-refractivity contribution is -0.385. The molecule has 0 unspecified atom stereocenters. The Balaban J connectivity index is 2.14. The maximum atomic E-state index is 12.3. The number of esters is 2. The van der Waals surface area contributed by atoms with E-state index in [1.54, 1.807) is 19.2 Å². The lowest BCUT2D eigenvalue weighted by Gasteiger charge is -2.26. The minimum Gasteiger partial charge on any atom is -0.497 e. The molecule has 3 rings (SSSR count). The number of rotatable bonds is 9. The first kappa shape index (κ1) is 23.3. The van der Waals surface area contributed by atoms with Gasteiger partial charge in [-0.2, -0.15) is 0 Å². The molecule has 11 heteroatoms. The highest BCUT2D eigenvalue weighted by atomic mass is 35.5. The highest BCUT2D eigenvalue weighted by molar-refractivity contribution is 6.29. The SMILES string of the molecule is COC(=O)C(C(=O)OC)c1nc(Cl)cc(N(Cc2ccc(OC)cc2)C2CC2)c1[N+](=O)[O-]. The first-order chi connectivity index (χ1) is 15.3. The summed E-state index contributed by atoms with van der Waals surface area (Å²) in [4.78, 5) is 41.9. The van der Waals surface area contributed by atoms with Crippen molar-refractivity contribution in [1.82, 2.24) is 4.98 Å². The van der Waals surface area contributed by atoms with Gasteiger partial charge in [0.1, 0.15) is 22.3 Å². The van der Waals surface area contributed by atoms with Crippen LogP contribution in [0.15, 0.2) is 30.3 Å². The molecule has 0 spiro atoms. The second-order valence-corrected chi connectivity index (χ2v) is 7.53. The highest BCUT2D eigenvalue weighted by Gasteiger charge is 2.42. The van der Waals surface area contributed by atoms with Gasteiger partial charge >= 0.3 is 17.6 Å². The predicted octanol–water partition coefficient (Wildman–Crippen LogP) is 3.25. The summed E-state index contributed by atoms with van der Waals surface area (Å²) in [6.45, 7) is 0.344. The Kier molecular flexibility index (Phi) is 7.14. The number of benzene rings is 1. The van der Waals surface area contributed by atoms with Gasteiger partial charge in [0, 0.05) is 18.7 Å². The van der Waals surface area contributed by atoms with Crippen LogP contribution in [-0.4, -0.2) is 49.2 Å². The van der Waals surface area contributed by atoms with Crippen LogP contribution in [0.25, 0.3) is 0 Å². The van der Waals surface area contributed by atoms with Gasteiger partial charge in [-0.3, -0.25) is 19.7 Å². The monoisotopic (exact) mass is 463 g/mol. The number of methoxy groups -OCH3 is 3. The third kappa shape index (κ3) is 4.91. The number of anilines is 1. The lowest BCUT2D eigenvalue weighted by Crippen LogP contribution is -2.29. The molecule has 1 saturated carbocycles. The number of pyridine rings is 1. The van der Waals surface area contributed by atoms with Crippen LogP contribution in [0.1, 0.15) is 30.0 Å². The summed E-state index contributed by atoms with van der Waals surface area (Å²) in [5.74, 6) is -3.13. The molecule has 0 aliphatic heterocycles. The number of carbonyl (C=O) groups excluding carboxylic acids is 2. The molecule has 0 bridgehead atoms. The zero-order valence-electron chi connectivity index (χ0n) is 17.7. The number of hydrogen-bond donors (Lipinski definition) is 0. The molecule has 1 aromatic heterocycles. The van der Waals surface area contributed by atoms with Crippen molar-refractivity contribution >= 4 is 34.9 Å². The van der Waals surface area contributed by atoms with Gasteiger partial charge in [-0.25, -0.2) is 4.98 Å². The average molecular weight is 464 g/mol. The summed E-state index contributed by atoms with van der Waals surface area (Å²) in [6.07, 6.45) is 1.67. The maximum absolute atomic E-state index is 12.3. The molecule has 1 aliphatic rings. The molecule has 0 N–H and O–H groups in total. The molecular weight excluding hydrogens is 442 g/mol. The summed E-state index contributed by atoms with van der Waals surface area (Å²) in [5, 5.41) is 12.0. The third-order valence-corrected chi connectivity index (χ3v) is 5.30. The van der Waals surface area contributed by atoms with Crippen molar-refractivity contribution in [1.29, 1.82) is 0 Å². The van der Waals surface area contributed by atoms with E-state index in [2.05, 4.69) is 14.5 Å². The van der Waals surface area contributed by atoms with E-state index in [9.17, 15) is 19.7 Å². The van der Waals surface area contributed by atoms with Crippen LogP contribution in [-0.2, 0) is 25.6 Å². The van der Waals surface area contributed by atoms with E-state index < -0.39 is 34.2 Å². The van der Waals surface area contributed by atoms with E-state index in [1.807, 2.05) is 17.0 Å². The predicted molar refractivity (Wildman–Crippen MR) is 115 cm³/mol. The fourth-order valence-corrected chi connectivity index (χ4v) is 3.59. The third-order valence-electron chi connectivity index (χ3n) is 5.11. The topological polar surface area (TPSA) is 121 Å². The van der Waals surface area contributed by atoms with Crippen molar-refractivity contribution in [2.24, 2.45) is 0 Å². The van der Waals surface area contributed by atoms with Crippen LogP contribution in [0.3, 0.4) is 0 Å². The molecule has 0 amide bonds. The van der Waals surface area contributed by atoms with Gasteiger partial charge in [0.05, 0.1) is 26.3 Å². The van der Waals surface area contributed by atoms with E-state index >= 15 is 0 Å². The van der Waals surface area contributed by atoms with Gasteiger partial charge in [0.2, 0.25) is 5.92 Å². The first-order valence-electron chi connectivity index (χ1n) is 9.70. The average Bonchev–Trinajstić information content (AvgIpc) is 3.62. The Labute approximate surface area is 189 Å². The van der Waals surface area contributed by atoms with Gasteiger partial charge in [0.25, 0.3) is 0 Å². The molecule has 2 aromatic rings. The highest BCUT2D eigenvalue weighted by Crippen LogP contribution is 2.42. The molecule has 1 heterocycles. The largest absolute Gasteiger partial charge is 0.497 e. The van der Waals surface area contributed by atoms with Gasteiger partial charge < -0.3 is 19.1 Å². The summed E-state index contributed by atoms with van der Waals surface area (Å²) >= 11 is 6.20. The molecular formula is C21H22ClN3O7. The quantitative estimate of drug-likeness (QED) is 0.181. The maximum Gasteiger partial charge on any atom is 0.326 e. The van der Waals surface area contributed by atoms with Crippen molar-refractivity contribution in [2.75, 3.05) is 26.2 Å². The first-order valence-corrected chi connectivity index (χ1v) is 10.1. The molecule has 170 valence electrons. The number of aromatic nitrogens is 1. The van der Waals surface area contributed by atoms with Crippen molar-refractivity contribution in [3.8, 4) is 5.75 Å². The smallest absolute Gasteiger partial charge is 0.326 e. The minimum atomic E-state index is -1.75. The Bertz CT molecular complexity index is 1010. The van der Waals surface area contributed by atoms with E-state index in [1.165, 1.54) is 6.07 Å². The lowest BCUT2D eigenvalue weighted by atomic mass is 10.0. The molecule has 0 atom stereocenters. The minimum absolute atomic E-state index is 0.0387. The van der Waals surface area contributed by atoms with Crippen LogP contribution in [0.2, 0.25) is 5.15 Å². The zero-order chi connectivity index (χ0) is 23.4.